The van der Waals surface area contributed by atoms with Gasteiger partial charge < -0.3 is 15.5 Å². The molecule has 3 N–H and O–H groups in total. The van der Waals surface area contributed by atoms with Gasteiger partial charge in [-0.25, -0.2) is 0 Å². The molecule has 1 aliphatic heterocycles. The standard InChI is InChI=1S/C25H32N2O4/c1-17-11-12-27(24(18(17)2)20-9-6-10-22(28)14-20)16-21(25(31)26-15-23(29)30)13-19-7-4-3-5-8-19/h3-10,14,17-18,21,24,28H,11-13,15-16H2,1-2H3,(H,26,31)(H,29,30)/t17-,18-,21?,24+/m1/s1. The molecule has 1 saturated heterocycles. The van der Waals surface area contributed by atoms with Crippen LogP contribution in [0.5, 0.6) is 5.75 Å². The van der Waals surface area contributed by atoms with E-state index in [1.54, 1.807) is 6.07 Å². The maximum atomic E-state index is 12.9. The number of nitrogens with zero attached hydrogens (tertiary/aromatic N) is 1. The van der Waals surface area contributed by atoms with E-state index in [-0.39, 0.29) is 30.2 Å². The first-order valence-corrected chi connectivity index (χ1v) is 10.9. The lowest BCUT2D eigenvalue weighted by molar-refractivity contribution is -0.138. The Kier molecular flexibility index (Phi) is 7.69. The second-order valence-corrected chi connectivity index (χ2v) is 8.66. The van der Waals surface area contributed by atoms with Gasteiger partial charge in [-0.1, -0.05) is 56.3 Å². The molecule has 166 valence electrons. The number of benzene rings is 2. The molecule has 6 nitrogen and oxygen atoms in total. The van der Waals surface area contributed by atoms with Gasteiger partial charge in [0, 0.05) is 12.6 Å². The van der Waals surface area contributed by atoms with Crippen molar-refractivity contribution in [2.24, 2.45) is 17.8 Å². The quantitative estimate of drug-likeness (QED) is 0.604. The van der Waals surface area contributed by atoms with Crippen molar-refractivity contribution in [2.45, 2.75) is 32.7 Å². The van der Waals surface area contributed by atoms with E-state index in [2.05, 4.69) is 24.1 Å². The van der Waals surface area contributed by atoms with E-state index in [9.17, 15) is 14.7 Å². The minimum absolute atomic E-state index is 0.0846. The van der Waals surface area contributed by atoms with E-state index < -0.39 is 5.97 Å². The van der Waals surface area contributed by atoms with Crippen molar-refractivity contribution in [3.05, 3.63) is 65.7 Å². The second kappa shape index (κ2) is 10.4. The third-order valence-corrected chi connectivity index (χ3v) is 6.44. The fourth-order valence-electron chi connectivity index (χ4n) is 4.57. The first kappa shape index (κ1) is 22.8. The van der Waals surface area contributed by atoms with Gasteiger partial charge in [0.1, 0.15) is 12.3 Å². The summed E-state index contributed by atoms with van der Waals surface area (Å²) in [6, 6.07) is 17.3. The van der Waals surface area contributed by atoms with E-state index in [0.717, 1.165) is 24.1 Å². The van der Waals surface area contributed by atoms with Crippen molar-refractivity contribution in [3.63, 3.8) is 0 Å². The SMILES string of the molecule is C[C@@H]1[C@H](C)CCN(CC(Cc2ccccc2)C(=O)NCC(=O)O)[C@@H]1c1cccc(O)c1. The average molecular weight is 425 g/mol. The van der Waals surface area contributed by atoms with Crippen molar-refractivity contribution < 1.29 is 19.8 Å². The third kappa shape index (κ3) is 6.07. The summed E-state index contributed by atoms with van der Waals surface area (Å²) in [6.07, 6.45) is 1.57. The zero-order valence-electron chi connectivity index (χ0n) is 18.2. The number of carboxylic acid groups (broad SMARTS) is 1. The first-order valence-electron chi connectivity index (χ1n) is 10.9. The Balaban J connectivity index is 1.85. The highest BCUT2D eigenvalue weighted by Crippen LogP contribution is 2.40. The number of nitrogens with one attached hydrogen (secondary N) is 1. The van der Waals surface area contributed by atoms with E-state index in [1.807, 2.05) is 48.5 Å². The molecule has 1 aliphatic rings. The minimum atomic E-state index is -1.05. The van der Waals surface area contributed by atoms with Crippen molar-refractivity contribution >= 4 is 11.9 Å². The molecule has 2 aromatic carbocycles. The smallest absolute Gasteiger partial charge is 0.322 e. The van der Waals surface area contributed by atoms with Crippen molar-refractivity contribution in [2.75, 3.05) is 19.6 Å². The normalized spacial score (nSPS) is 22.6. The van der Waals surface area contributed by atoms with Crippen LogP contribution in [0, 0.1) is 17.8 Å². The first-order chi connectivity index (χ1) is 14.8. The Morgan fingerprint density at radius 3 is 2.55 bits per heavy atom. The van der Waals surface area contributed by atoms with Crippen molar-refractivity contribution in [1.29, 1.82) is 0 Å². The number of carbonyl (C=O) groups excluding carboxylic acids is 1. The highest BCUT2D eigenvalue weighted by molar-refractivity contribution is 5.83. The summed E-state index contributed by atoms with van der Waals surface area (Å²) in [5.74, 6) is -0.547. The summed E-state index contributed by atoms with van der Waals surface area (Å²) < 4.78 is 0. The lowest BCUT2D eigenvalue weighted by Gasteiger charge is -2.44. The molecular formula is C25H32N2O4. The van der Waals surface area contributed by atoms with Gasteiger partial charge in [0.05, 0.1) is 5.92 Å². The predicted molar refractivity (Wildman–Crippen MR) is 120 cm³/mol. The Morgan fingerprint density at radius 1 is 1.13 bits per heavy atom. The second-order valence-electron chi connectivity index (χ2n) is 8.66. The molecule has 1 heterocycles. The Labute approximate surface area is 183 Å². The third-order valence-electron chi connectivity index (χ3n) is 6.44. The molecule has 0 radical (unpaired) electrons. The molecule has 4 atom stereocenters. The fraction of sp³-hybridized carbons (Fsp3) is 0.440. The summed E-state index contributed by atoms with van der Waals surface area (Å²) in [7, 11) is 0. The number of carbonyl (C=O) groups is 2. The van der Waals surface area contributed by atoms with Crippen molar-refractivity contribution in [3.8, 4) is 5.75 Å². The molecule has 2 aromatic rings. The lowest BCUT2D eigenvalue weighted by atomic mass is 9.78. The number of rotatable bonds is 8. The van der Waals surface area contributed by atoms with Crippen LogP contribution in [0.1, 0.15) is 37.4 Å². The highest BCUT2D eigenvalue weighted by atomic mass is 16.4. The maximum Gasteiger partial charge on any atom is 0.322 e. The maximum absolute atomic E-state index is 12.9. The molecule has 0 spiro atoms. The zero-order valence-corrected chi connectivity index (χ0v) is 18.2. The highest BCUT2D eigenvalue weighted by Gasteiger charge is 2.36. The van der Waals surface area contributed by atoms with Gasteiger partial charge in [0.2, 0.25) is 5.91 Å². The zero-order chi connectivity index (χ0) is 22.4. The lowest BCUT2D eigenvalue weighted by Crippen LogP contribution is -2.47. The number of aromatic hydroxyl groups is 1. The summed E-state index contributed by atoms with van der Waals surface area (Å²) in [6.45, 7) is 5.47. The molecule has 31 heavy (non-hydrogen) atoms. The van der Waals surface area contributed by atoms with E-state index in [4.69, 9.17) is 5.11 Å². The molecule has 1 amide bonds. The van der Waals surface area contributed by atoms with Crippen LogP contribution < -0.4 is 5.32 Å². The van der Waals surface area contributed by atoms with Crippen LogP contribution in [-0.2, 0) is 16.0 Å². The number of piperidine rings is 1. The number of aliphatic carboxylic acids is 1. The monoisotopic (exact) mass is 424 g/mol. The Hall–Kier alpha value is -2.86. The minimum Gasteiger partial charge on any atom is -0.508 e. The Morgan fingerprint density at radius 2 is 1.87 bits per heavy atom. The number of hydrogen-bond donors (Lipinski definition) is 3. The predicted octanol–water partition coefficient (Wildman–Crippen LogP) is 3.47. The molecule has 0 saturated carbocycles. The number of hydrogen-bond acceptors (Lipinski definition) is 4. The van der Waals surface area contributed by atoms with E-state index in [1.165, 1.54) is 0 Å². The van der Waals surface area contributed by atoms with Gasteiger partial charge in [-0.15, -0.1) is 0 Å². The largest absolute Gasteiger partial charge is 0.508 e. The van der Waals surface area contributed by atoms with Gasteiger partial charge in [-0.2, -0.15) is 0 Å². The van der Waals surface area contributed by atoms with Crippen LogP contribution in [-0.4, -0.2) is 46.6 Å². The molecule has 0 aromatic heterocycles. The average Bonchev–Trinajstić information content (AvgIpc) is 2.75. The summed E-state index contributed by atoms with van der Waals surface area (Å²) in [5.41, 5.74) is 2.09. The van der Waals surface area contributed by atoms with Gasteiger partial charge in [0.25, 0.3) is 0 Å². The molecule has 1 fully saturated rings. The number of phenols is 1. The van der Waals surface area contributed by atoms with E-state index in [0.29, 0.717) is 24.8 Å². The number of likely N-dealkylation sites (tertiary alicyclic amines) is 1. The molecule has 0 aliphatic carbocycles. The number of carboxylic acids is 1. The van der Waals surface area contributed by atoms with Crippen LogP contribution in [0.3, 0.4) is 0 Å². The van der Waals surface area contributed by atoms with Crippen LogP contribution in [0.4, 0.5) is 0 Å². The van der Waals surface area contributed by atoms with Crippen LogP contribution in [0.15, 0.2) is 54.6 Å². The van der Waals surface area contributed by atoms with E-state index >= 15 is 0 Å². The van der Waals surface area contributed by atoms with Crippen LogP contribution in [0.25, 0.3) is 0 Å². The van der Waals surface area contributed by atoms with Crippen LogP contribution >= 0.6 is 0 Å². The van der Waals surface area contributed by atoms with Gasteiger partial charge >= 0.3 is 5.97 Å². The van der Waals surface area contributed by atoms with Gasteiger partial charge in [0.15, 0.2) is 0 Å². The summed E-state index contributed by atoms with van der Waals surface area (Å²) in [5, 5.41) is 21.6. The summed E-state index contributed by atoms with van der Waals surface area (Å²) in [4.78, 5) is 26.2. The molecule has 1 unspecified atom stereocenters. The molecule has 3 rings (SSSR count). The number of phenolic OH excluding ortho intramolecular Hbond substituents is 1. The molecule has 6 heteroatoms. The topological polar surface area (TPSA) is 89.9 Å². The summed E-state index contributed by atoms with van der Waals surface area (Å²) >= 11 is 0. The molecular weight excluding hydrogens is 392 g/mol. The molecule has 0 bridgehead atoms. The van der Waals surface area contributed by atoms with Gasteiger partial charge in [-0.3, -0.25) is 14.5 Å². The van der Waals surface area contributed by atoms with Gasteiger partial charge in [-0.05, 0) is 54.5 Å². The van der Waals surface area contributed by atoms with Crippen molar-refractivity contribution in [1.82, 2.24) is 10.2 Å². The van der Waals surface area contributed by atoms with Crippen LogP contribution in [0.2, 0.25) is 0 Å². The fourth-order valence-corrected chi connectivity index (χ4v) is 4.57. The Bertz CT molecular complexity index is 886. The number of amides is 1.